The quantitative estimate of drug-likeness (QED) is 0.148. The summed E-state index contributed by atoms with van der Waals surface area (Å²) < 4.78 is 0. The summed E-state index contributed by atoms with van der Waals surface area (Å²) in [5.41, 5.74) is 21.4. The Kier molecular flexibility index (Phi) is 9.51. The Morgan fingerprint density at radius 2 is 0.754 bits per heavy atom. The second-order valence-corrected chi connectivity index (χ2v) is 16.7. The highest BCUT2D eigenvalue weighted by Crippen LogP contribution is 2.57. The number of hydrogen-bond donors (Lipinski definition) is 0. The van der Waals surface area contributed by atoms with Crippen LogP contribution in [0.15, 0.2) is 224 Å². The second kappa shape index (κ2) is 15.8. The lowest BCUT2D eigenvalue weighted by molar-refractivity contribution is 0.353. The Bertz CT molecular complexity index is 2990. The molecule has 9 aromatic rings. The molecule has 0 aliphatic heterocycles. The number of anilines is 3. The summed E-state index contributed by atoms with van der Waals surface area (Å²) in [4.78, 5) is 2.49. The van der Waals surface area contributed by atoms with Crippen molar-refractivity contribution in [3.63, 3.8) is 0 Å². The second-order valence-electron chi connectivity index (χ2n) is 16.7. The maximum absolute atomic E-state index is 2.49. The number of benzene rings is 9. The van der Waals surface area contributed by atoms with Gasteiger partial charge in [0.1, 0.15) is 0 Å². The summed E-state index contributed by atoms with van der Waals surface area (Å²) in [6.07, 6.45) is 6.32. The molecule has 0 amide bonds. The molecule has 1 nitrogen and oxygen atoms in total. The third-order valence-electron chi connectivity index (χ3n) is 13.3. The van der Waals surface area contributed by atoms with Crippen LogP contribution in [0.5, 0.6) is 0 Å². The largest absolute Gasteiger partial charge is 0.310 e. The first-order valence-corrected chi connectivity index (χ1v) is 21.9. The zero-order valence-electron chi connectivity index (χ0n) is 34.3. The van der Waals surface area contributed by atoms with Gasteiger partial charge in [-0.05, 0) is 122 Å². The minimum atomic E-state index is 0.104. The van der Waals surface area contributed by atoms with E-state index in [0.717, 1.165) is 17.1 Å². The average molecular weight is 782 g/mol. The SMILES string of the molecule is c1ccc(-c2cccc(-c3ccc(N(c4ccc5c(c4)-c4ccccc4C54CCCCC4)c4ccccc4-c4ccccc4-c4ccccc4-c4ccccc4)cc3)c2)cc1. The number of para-hydroxylation sites is 1. The number of fused-ring (bicyclic) bond motifs is 5. The van der Waals surface area contributed by atoms with Crippen molar-refractivity contribution in [2.24, 2.45) is 0 Å². The van der Waals surface area contributed by atoms with Crippen LogP contribution >= 0.6 is 0 Å². The van der Waals surface area contributed by atoms with Crippen molar-refractivity contribution in [1.29, 1.82) is 0 Å². The summed E-state index contributed by atoms with van der Waals surface area (Å²) >= 11 is 0. The zero-order valence-corrected chi connectivity index (χ0v) is 34.3. The number of rotatable bonds is 8. The molecule has 0 atom stereocenters. The van der Waals surface area contributed by atoms with Crippen molar-refractivity contribution >= 4 is 17.1 Å². The molecular formula is C60H47N. The van der Waals surface area contributed by atoms with Gasteiger partial charge in [-0.3, -0.25) is 0 Å². The van der Waals surface area contributed by atoms with Crippen LogP contribution in [0, 0.1) is 0 Å². The molecule has 2 aliphatic rings. The summed E-state index contributed by atoms with van der Waals surface area (Å²) in [6.45, 7) is 0. The van der Waals surface area contributed by atoms with Gasteiger partial charge in [0.05, 0.1) is 5.69 Å². The van der Waals surface area contributed by atoms with Gasteiger partial charge in [-0.15, -0.1) is 0 Å². The monoisotopic (exact) mass is 781 g/mol. The van der Waals surface area contributed by atoms with E-state index >= 15 is 0 Å². The minimum Gasteiger partial charge on any atom is -0.310 e. The molecule has 0 bridgehead atoms. The third kappa shape index (κ3) is 6.58. The van der Waals surface area contributed by atoms with E-state index in [1.807, 2.05) is 0 Å². The first-order chi connectivity index (χ1) is 30.2. The van der Waals surface area contributed by atoms with Crippen molar-refractivity contribution in [3.05, 3.63) is 236 Å². The Balaban J connectivity index is 1.08. The molecule has 11 rings (SSSR count). The minimum absolute atomic E-state index is 0.104. The molecule has 0 aromatic heterocycles. The van der Waals surface area contributed by atoms with Crippen LogP contribution in [0.3, 0.4) is 0 Å². The van der Waals surface area contributed by atoms with Crippen molar-refractivity contribution in [2.45, 2.75) is 37.5 Å². The van der Waals surface area contributed by atoms with Crippen LogP contribution in [-0.4, -0.2) is 0 Å². The van der Waals surface area contributed by atoms with Crippen LogP contribution in [0.1, 0.15) is 43.2 Å². The van der Waals surface area contributed by atoms with E-state index in [0.29, 0.717) is 0 Å². The molecule has 61 heavy (non-hydrogen) atoms. The van der Waals surface area contributed by atoms with Gasteiger partial charge in [-0.1, -0.05) is 207 Å². The lowest BCUT2D eigenvalue weighted by Crippen LogP contribution is -2.28. The molecular weight excluding hydrogens is 735 g/mol. The Labute approximate surface area is 360 Å². The van der Waals surface area contributed by atoms with Gasteiger partial charge in [0, 0.05) is 22.4 Å². The first-order valence-electron chi connectivity index (χ1n) is 21.9. The van der Waals surface area contributed by atoms with Crippen molar-refractivity contribution in [2.75, 3.05) is 4.90 Å². The molecule has 9 aromatic carbocycles. The van der Waals surface area contributed by atoms with Gasteiger partial charge >= 0.3 is 0 Å². The molecule has 292 valence electrons. The van der Waals surface area contributed by atoms with Crippen molar-refractivity contribution < 1.29 is 0 Å². The van der Waals surface area contributed by atoms with E-state index in [4.69, 9.17) is 0 Å². The number of hydrogen-bond acceptors (Lipinski definition) is 1. The normalized spacial score (nSPS) is 13.7. The van der Waals surface area contributed by atoms with E-state index < -0.39 is 0 Å². The van der Waals surface area contributed by atoms with Crippen LogP contribution in [0.4, 0.5) is 17.1 Å². The fourth-order valence-electron chi connectivity index (χ4n) is 10.5. The van der Waals surface area contributed by atoms with E-state index in [-0.39, 0.29) is 5.41 Å². The van der Waals surface area contributed by atoms with E-state index in [2.05, 4.69) is 229 Å². The van der Waals surface area contributed by atoms with Crippen LogP contribution < -0.4 is 4.90 Å². The highest BCUT2D eigenvalue weighted by Gasteiger charge is 2.43. The summed E-state index contributed by atoms with van der Waals surface area (Å²) in [7, 11) is 0. The maximum atomic E-state index is 2.49. The topological polar surface area (TPSA) is 3.24 Å². The zero-order chi connectivity index (χ0) is 40.6. The third-order valence-corrected chi connectivity index (χ3v) is 13.3. The molecule has 0 N–H and O–H groups in total. The average Bonchev–Trinajstić information content (AvgIpc) is 3.60. The van der Waals surface area contributed by atoms with E-state index in [9.17, 15) is 0 Å². The molecule has 1 fully saturated rings. The Morgan fingerprint density at radius 3 is 1.44 bits per heavy atom. The first kappa shape index (κ1) is 36.8. The Morgan fingerprint density at radius 1 is 0.279 bits per heavy atom. The van der Waals surface area contributed by atoms with Crippen LogP contribution in [-0.2, 0) is 5.41 Å². The molecule has 1 spiro atoms. The molecule has 1 saturated carbocycles. The number of nitrogens with zero attached hydrogens (tertiary/aromatic N) is 1. The molecule has 0 radical (unpaired) electrons. The molecule has 2 aliphatic carbocycles. The highest BCUT2D eigenvalue weighted by atomic mass is 15.1. The standard InChI is InChI=1S/C60H47N/c1-4-19-43(20-5-1)46-23-18-24-47(41-46)44-33-35-48(36-34-44)61(49-37-38-58-56(42-49)54-29-12-14-31-57(54)60(58)39-16-3-17-40-60)59-32-15-13-30-55(59)53-28-11-10-27-52(53)51-26-9-8-25-50(51)45-21-6-2-7-22-45/h1-2,4-15,18-38,41-42H,3,16-17,39-40H2. The summed E-state index contributed by atoms with van der Waals surface area (Å²) in [5, 5.41) is 0. The van der Waals surface area contributed by atoms with E-state index in [1.54, 1.807) is 0 Å². The summed E-state index contributed by atoms with van der Waals surface area (Å²) in [5.74, 6) is 0. The van der Waals surface area contributed by atoms with Crippen molar-refractivity contribution in [1.82, 2.24) is 0 Å². The van der Waals surface area contributed by atoms with Gasteiger partial charge in [-0.25, -0.2) is 0 Å². The maximum Gasteiger partial charge on any atom is 0.0540 e. The van der Waals surface area contributed by atoms with E-state index in [1.165, 1.54) is 110 Å². The van der Waals surface area contributed by atoms with Gasteiger partial charge in [0.25, 0.3) is 0 Å². The van der Waals surface area contributed by atoms with Gasteiger partial charge in [0.15, 0.2) is 0 Å². The fourth-order valence-corrected chi connectivity index (χ4v) is 10.5. The predicted octanol–water partition coefficient (Wildman–Crippen LogP) is 16.7. The van der Waals surface area contributed by atoms with Gasteiger partial charge in [0.2, 0.25) is 0 Å². The lowest BCUT2D eigenvalue weighted by Gasteiger charge is -2.36. The van der Waals surface area contributed by atoms with Gasteiger partial charge < -0.3 is 4.90 Å². The van der Waals surface area contributed by atoms with Crippen LogP contribution in [0.2, 0.25) is 0 Å². The predicted molar refractivity (Wildman–Crippen MR) is 258 cm³/mol. The lowest BCUT2D eigenvalue weighted by atomic mass is 9.68. The van der Waals surface area contributed by atoms with Crippen LogP contribution in [0.25, 0.3) is 66.8 Å². The molecule has 0 heterocycles. The smallest absolute Gasteiger partial charge is 0.0540 e. The summed E-state index contributed by atoms with van der Waals surface area (Å²) in [6, 6.07) is 82.8. The Hall–Kier alpha value is -7.22. The fraction of sp³-hybridized carbons (Fsp3) is 0.100. The van der Waals surface area contributed by atoms with Crippen molar-refractivity contribution in [3.8, 4) is 66.8 Å². The molecule has 1 heteroatoms. The molecule has 0 unspecified atom stereocenters. The molecule has 0 saturated heterocycles. The van der Waals surface area contributed by atoms with Gasteiger partial charge in [-0.2, -0.15) is 0 Å². The highest BCUT2D eigenvalue weighted by molar-refractivity contribution is 5.98.